The Morgan fingerprint density at radius 1 is 1.22 bits per heavy atom. The van der Waals surface area contributed by atoms with E-state index in [0.717, 1.165) is 11.0 Å². The molecule has 0 unspecified atom stereocenters. The lowest BCUT2D eigenvalue weighted by Gasteiger charge is -2.09. The predicted octanol–water partition coefficient (Wildman–Crippen LogP) is 1.96. The number of ether oxygens (including phenoxy) is 1. The van der Waals surface area contributed by atoms with E-state index >= 15 is 0 Å². The van der Waals surface area contributed by atoms with Gasteiger partial charge in [0.15, 0.2) is 5.82 Å². The van der Waals surface area contributed by atoms with Crippen LogP contribution in [0.3, 0.4) is 0 Å². The van der Waals surface area contributed by atoms with Gasteiger partial charge in [-0.3, -0.25) is 0 Å². The molecule has 2 heterocycles. The Balaban J connectivity index is 2.33. The summed E-state index contributed by atoms with van der Waals surface area (Å²) in [6, 6.07) is 8.63. The van der Waals surface area contributed by atoms with Gasteiger partial charge in [0.1, 0.15) is 17.6 Å². The number of aromatic nitrogens is 2. The average molecular weight is 245 g/mol. The topological polar surface area (TPSA) is 52.5 Å². The molecular weight excluding hydrogens is 233 g/mol. The van der Waals surface area contributed by atoms with E-state index in [-0.39, 0.29) is 5.82 Å². The third-order valence-corrected chi connectivity index (χ3v) is 2.76. The number of benzene rings is 1. The van der Waals surface area contributed by atoms with Gasteiger partial charge in [0, 0.05) is 12.7 Å². The Labute approximate surface area is 103 Å². The molecule has 2 aromatic heterocycles. The van der Waals surface area contributed by atoms with Crippen molar-refractivity contribution < 1.29 is 9.13 Å². The molecule has 0 saturated heterocycles. The Bertz CT molecular complexity index is 708. The molecule has 5 heteroatoms. The first kappa shape index (κ1) is 11.0. The molecule has 0 saturated carbocycles. The van der Waals surface area contributed by atoms with Crippen LogP contribution >= 0.6 is 0 Å². The van der Waals surface area contributed by atoms with Crippen LogP contribution in [0, 0.1) is 5.82 Å². The van der Waals surface area contributed by atoms with Gasteiger partial charge in [-0.15, -0.1) is 0 Å². The minimum absolute atomic E-state index is 0.299. The number of nitrogens with two attached hydrogens (primary N) is 1. The van der Waals surface area contributed by atoms with Crippen LogP contribution in [0.15, 0.2) is 36.5 Å². The van der Waals surface area contributed by atoms with Crippen molar-refractivity contribution in [2.75, 3.05) is 13.2 Å². The van der Waals surface area contributed by atoms with Crippen LogP contribution in [0.25, 0.3) is 16.6 Å². The summed E-state index contributed by atoms with van der Waals surface area (Å²) in [5.74, 6) is 0.0451. The van der Waals surface area contributed by atoms with Gasteiger partial charge in [-0.2, -0.15) is 0 Å². The summed E-state index contributed by atoms with van der Waals surface area (Å²) in [5, 5.41) is 0. The van der Waals surface area contributed by atoms with Gasteiger partial charge >= 0.3 is 0 Å². The molecule has 0 aliphatic heterocycles. The van der Waals surface area contributed by atoms with Gasteiger partial charge in [0.25, 0.3) is 0 Å². The number of nitrogens with zero attached hydrogens (tertiary/aromatic N) is 2. The molecule has 2 N–H and O–H groups in total. The summed E-state index contributed by atoms with van der Waals surface area (Å²) in [5.41, 5.74) is 7.23. The molecule has 0 bridgehead atoms. The van der Waals surface area contributed by atoms with Crippen molar-refractivity contribution in [3.63, 3.8) is 0 Å². The third kappa shape index (κ3) is 1.60. The molecular formula is C13H12FN3O. The third-order valence-electron chi connectivity index (χ3n) is 2.76. The van der Waals surface area contributed by atoms with Crippen molar-refractivity contribution in [2.45, 2.75) is 0 Å². The zero-order valence-corrected chi connectivity index (χ0v) is 9.64. The Morgan fingerprint density at radius 3 is 2.89 bits per heavy atom. The quantitative estimate of drug-likeness (QED) is 0.767. The van der Waals surface area contributed by atoms with E-state index < -0.39 is 0 Å². The maximum atomic E-state index is 13.8. The fraction of sp³-hybridized carbons (Fsp3) is 0.154. The summed E-state index contributed by atoms with van der Waals surface area (Å²) in [6.45, 7) is 0.748. The zero-order chi connectivity index (χ0) is 12.5. The summed E-state index contributed by atoms with van der Waals surface area (Å²) in [6.07, 6.45) is 1.86. The first-order valence-corrected chi connectivity index (χ1v) is 5.69. The first-order chi connectivity index (χ1) is 8.81. The maximum absolute atomic E-state index is 13.8. The Hall–Kier alpha value is -2.14. The maximum Gasteiger partial charge on any atom is 0.239 e. The highest BCUT2D eigenvalue weighted by Gasteiger charge is 2.11. The number of fused-ring (bicyclic) bond motifs is 3. The highest BCUT2D eigenvalue weighted by Crippen LogP contribution is 2.25. The van der Waals surface area contributed by atoms with Gasteiger partial charge < -0.3 is 14.9 Å². The molecule has 0 fully saturated rings. The number of para-hydroxylation sites is 1. The second kappa shape index (κ2) is 4.27. The molecule has 3 aromatic rings. The number of hydrogen-bond donors (Lipinski definition) is 1. The van der Waals surface area contributed by atoms with Crippen LogP contribution in [0.2, 0.25) is 0 Å². The monoisotopic (exact) mass is 245 g/mol. The highest BCUT2D eigenvalue weighted by atomic mass is 19.1. The van der Waals surface area contributed by atoms with E-state index in [1.54, 1.807) is 6.07 Å². The van der Waals surface area contributed by atoms with Gasteiger partial charge in [0.05, 0.1) is 5.52 Å². The molecule has 0 spiro atoms. The van der Waals surface area contributed by atoms with Gasteiger partial charge in [-0.25, -0.2) is 9.37 Å². The zero-order valence-electron chi connectivity index (χ0n) is 9.64. The second-order valence-electron chi connectivity index (χ2n) is 3.93. The lowest BCUT2D eigenvalue weighted by atomic mass is 10.3. The normalized spacial score (nSPS) is 11.2. The van der Waals surface area contributed by atoms with Crippen LogP contribution in [0.4, 0.5) is 4.39 Å². The van der Waals surface area contributed by atoms with Crippen molar-refractivity contribution in [3.05, 3.63) is 42.3 Å². The summed E-state index contributed by atoms with van der Waals surface area (Å²) in [4.78, 5) is 4.24. The van der Waals surface area contributed by atoms with Crippen LogP contribution in [-0.2, 0) is 0 Å². The largest absolute Gasteiger partial charge is 0.475 e. The molecule has 0 aliphatic carbocycles. The molecule has 4 nitrogen and oxygen atoms in total. The SMILES string of the molecule is NCCOc1nc2c(F)cccc2n2cccc12. The summed E-state index contributed by atoms with van der Waals surface area (Å²) < 4.78 is 21.1. The van der Waals surface area contributed by atoms with E-state index in [9.17, 15) is 4.39 Å². The molecule has 18 heavy (non-hydrogen) atoms. The lowest BCUT2D eigenvalue weighted by Crippen LogP contribution is -2.12. The second-order valence-corrected chi connectivity index (χ2v) is 3.93. The standard InChI is InChI=1S/C13H12FN3O/c14-9-3-1-4-10-12(9)16-13(18-8-6-15)11-5-2-7-17(10)11/h1-5,7H,6,8,15H2. The predicted molar refractivity (Wildman–Crippen MR) is 67.2 cm³/mol. The summed E-state index contributed by atoms with van der Waals surface area (Å²) >= 11 is 0. The van der Waals surface area contributed by atoms with Crippen LogP contribution < -0.4 is 10.5 Å². The van der Waals surface area contributed by atoms with Gasteiger partial charge in [0.2, 0.25) is 5.88 Å². The smallest absolute Gasteiger partial charge is 0.239 e. The molecule has 0 radical (unpaired) electrons. The molecule has 0 amide bonds. The number of hydrogen-bond acceptors (Lipinski definition) is 3. The van der Waals surface area contributed by atoms with Crippen LogP contribution in [0.1, 0.15) is 0 Å². The van der Waals surface area contributed by atoms with Crippen molar-refractivity contribution >= 4 is 16.6 Å². The summed E-state index contributed by atoms with van der Waals surface area (Å²) in [7, 11) is 0. The van der Waals surface area contributed by atoms with Crippen molar-refractivity contribution in [1.29, 1.82) is 0 Å². The number of halogens is 1. The molecule has 92 valence electrons. The Kier molecular flexibility index (Phi) is 2.60. The highest BCUT2D eigenvalue weighted by molar-refractivity contribution is 5.81. The average Bonchev–Trinajstić information content (AvgIpc) is 2.86. The molecule has 0 aliphatic rings. The van der Waals surface area contributed by atoms with Gasteiger partial charge in [-0.05, 0) is 24.3 Å². The Morgan fingerprint density at radius 2 is 2.06 bits per heavy atom. The van der Waals surface area contributed by atoms with E-state index in [4.69, 9.17) is 10.5 Å². The van der Waals surface area contributed by atoms with Crippen molar-refractivity contribution in [1.82, 2.24) is 9.38 Å². The number of rotatable bonds is 3. The fourth-order valence-electron chi connectivity index (χ4n) is 1.99. The van der Waals surface area contributed by atoms with E-state index in [1.165, 1.54) is 6.07 Å². The molecule has 0 atom stereocenters. The lowest BCUT2D eigenvalue weighted by molar-refractivity contribution is 0.319. The van der Waals surface area contributed by atoms with E-state index in [2.05, 4.69) is 4.98 Å². The van der Waals surface area contributed by atoms with E-state index in [0.29, 0.717) is 24.5 Å². The molecule has 1 aromatic carbocycles. The van der Waals surface area contributed by atoms with Crippen molar-refractivity contribution in [3.8, 4) is 5.88 Å². The van der Waals surface area contributed by atoms with Crippen LogP contribution in [-0.4, -0.2) is 22.5 Å². The van der Waals surface area contributed by atoms with Crippen molar-refractivity contribution in [2.24, 2.45) is 5.73 Å². The fourth-order valence-corrected chi connectivity index (χ4v) is 1.99. The minimum Gasteiger partial charge on any atom is -0.475 e. The van der Waals surface area contributed by atoms with Gasteiger partial charge in [-0.1, -0.05) is 6.07 Å². The first-order valence-electron chi connectivity index (χ1n) is 5.69. The molecule has 3 rings (SSSR count). The van der Waals surface area contributed by atoms with Crippen LogP contribution in [0.5, 0.6) is 5.88 Å². The van der Waals surface area contributed by atoms with E-state index in [1.807, 2.05) is 28.8 Å². The minimum atomic E-state index is -0.360.